The molecule has 0 fully saturated rings. The molecule has 3 nitrogen and oxygen atoms in total. The van der Waals surface area contributed by atoms with Crippen molar-refractivity contribution in [2.75, 3.05) is 13.1 Å². The zero-order valence-electron chi connectivity index (χ0n) is 10.9. The van der Waals surface area contributed by atoms with Crippen molar-refractivity contribution in [1.29, 1.82) is 0 Å². The Morgan fingerprint density at radius 1 is 1.41 bits per heavy atom. The standard InChI is InChI=1S/C14H22N2O/c1-4-15-14(17)12(3)16-9-8-13-7-5-6-11(2)10-13/h5-7,10,12,16H,4,8-9H2,1-3H3,(H,15,17). The van der Waals surface area contributed by atoms with Crippen LogP contribution in [0.4, 0.5) is 0 Å². The van der Waals surface area contributed by atoms with E-state index in [1.807, 2.05) is 13.8 Å². The molecule has 0 aliphatic rings. The average molecular weight is 234 g/mol. The topological polar surface area (TPSA) is 41.1 Å². The molecule has 1 unspecified atom stereocenters. The summed E-state index contributed by atoms with van der Waals surface area (Å²) in [4.78, 5) is 11.5. The molecule has 0 saturated heterocycles. The summed E-state index contributed by atoms with van der Waals surface area (Å²) in [5, 5.41) is 6.02. The molecule has 2 N–H and O–H groups in total. The van der Waals surface area contributed by atoms with E-state index >= 15 is 0 Å². The first-order valence-corrected chi connectivity index (χ1v) is 6.20. The van der Waals surface area contributed by atoms with Gasteiger partial charge in [0.25, 0.3) is 0 Å². The van der Waals surface area contributed by atoms with Crippen molar-refractivity contribution in [3.63, 3.8) is 0 Å². The van der Waals surface area contributed by atoms with E-state index in [1.54, 1.807) is 0 Å². The Hall–Kier alpha value is -1.35. The van der Waals surface area contributed by atoms with Crippen LogP contribution >= 0.6 is 0 Å². The van der Waals surface area contributed by atoms with Crippen molar-refractivity contribution >= 4 is 5.91 Å². The summed E-state index contributed by atoms with van der Waals surface area (Å²) in [6.07, 6.45) is 0.950. The summed E-state index contributed by atoms with van der Waals surface area (Å²) in [6, 6.07) is 8.33. The maximum absolute atomic E-state index is 11.5. The molecular formula is C14H22N2O. The lowest BCUT2D eigenvalue weighted by molar-refractivity contribution is -0.122. The van der Waals surface area contributed by atoms with Crippen LogP contribution in [0.15, 0.2) is 24.3 Å². The fourth-order valence-electron chi connectivity index (χ4n) is 1.72. The molecule has 0 aliphatic heterocycles. The third-order valence-electron chi connectivity index (χ3n) is 2.69. The first kappa shape index (κ1) is 13.7. The van der Waals surface area contributed by atoms with Gasteiger partial charge in [-0.25, -0.2) is 0 Å². The second-order valence-electron chi connectivity index (χ2n) is 4.31. The number of nitrogens with one attached hydrogen (secondary N) is 2. The van der Waals surface area contributed by atoms with Crippen molar-refractivity contribution < 1.29 is 4.79 Å². The second kappa shape index (κ2) is 7.07. The van der Waals surface area contributed by atoms with Gasteiger partial charge < -0.3 is 10.6 Å². The Bertz CT molecular complexity index is 363. The van der Waals surface area contributed by atoms with E-state index in [2.05, 4.69) is 41.8 Å². The minimum absolute atomic E-state index is 0.0664. The highest BCUT2D eigenvalue weighted by atomic mass is 16.2. The molecule has 1 aromatic rings. The Morgan fingerprint density at radius 3 is 2.82 bits per heavy atom. The molecule has 3 heteroatoms. The minimum Gasteiger partial charge on any atom is -0.355 e. The third-order valence-corrected chi connectivity index (χ3v) is 2.69. The normalized spacial score (nSPS) is 12.2. The van der Waals surface area contributed by atoms with Gasteiger partial charge in [-0.05, 0) is 39.3 Å². The van der Waals surface area contributed by atoms with Gasteiger partial charge in [0.2, 0.25) is 5.91 Å². The molecule has 0 radical (unpaired) electrons. The van der Waals surface area contributed by atoms with Crippen LogP contribution in [0.2, 0.25) is 0 Å². The van der Waals surface area contributed by atoms with Gasteiger partial charge in [-0.1, -0.05) is 29.8 Å². The number of hydrogen-bond donors (Lipinski definition) is 2. The summed E-state index contributed by atoms with van der Waals surface area (Å²) in [5.74, 6) is 0.0664. The lowest BCUT2D eigenvalue weighted by Gasteiger charge is -2.13. The molecule has 0 aliphatic carbocycles. The van der Waals surface area contributed by atoms with Gasteiger partial charge in [0.1, 0.15) is 0 Å². The van der Waals surface area contributed by atoms with Crippen LogP contribution in [0, 0.1) is 6.92 Å². The molecule has 94 valence electrons. The molecule has 1 atom stereocenters. The number of rotatable bonds is 6. The van der Waals surface area contributed by atoms with Crippen LogP contribution in [-0.2, 0) is 11.2 Å². The van der Waals surface area contributed by atoms with Crippen LogP contribution in [-0.4, -0.2) is 25.0 Å². The van der Waals surface area contributed by atoms with Gasteiger partial charge in [0, 0.05) is 6.54 Å². The Kier molecular flexibility index (Phi) is 5.70. The Labute approximate surface area is 104 Å². The summed E-state index contributed by atoms with van der Waals surface area (Å²) >= 11 is 0. The molecule has 0 heterocycles. The maximum Gasteiger partial charge on any atom is 0.236 e. The van der Waals surface area contributed by atoms with Crippen molar-refractivity contribution in [3.8, 4) is 0 Å². The third kappa shape index (κ3) is 5.00. The average Bonchev–Trinajstić information content (AvgIpc) is 2.29. The molecule has 1 rings (SSSR count). The van der Waals surface area contributed by atoms with Gasteiger partial charge in [-0.15, -0.1) is 0 Å². The van der Waals surface area contributed by atoms with E-state index in [0.717, 1.165) is 13.0 Å². The van der Waals surface area contributed by atoms with Crippen LogP contribution in [0.3, 0.4) is 0 Å². The van der Waals surface area contributed by atoms with Crippen molar-refractivity contribution in [2.45, 2.75) is 33.2 Å². The van der Waals surface area contributed by atoms with E-state index in [9.17, 15) is 4.79 Å². The van der Waals surface area contributed by atoms with Gasteiger partial charge >= 0.3 is 0 Å². The highest BCUT2D eigenvalue weighted by molar-refractivity contribution is 5.81. The SMILES string of the molecule is CCNC(=O)C(C)NCCc1cccc(C)c1. The van der Waals surface area contributed by atoms with E-state index in [4.69, 9.17) is 0 Å². The van der Waals surface area contributed by atoms with Crippen LogP contribution in [0.1, 0.15) is 25.0 Å². The number of hydrogen-bond acceptors (Lipinski definition) is 2. The van der Waals surface area contributed by atoms with E-state index in [0.29, 0.717) is 6.54 Å². The molecule has 0 bridgehead atoms. The summed E-state index contributed by atoms with van der Waals surface area (Å²) in [5.41, 5.74) is 2.58. The maximum atomic E-state index is 11.5. The fraction of sp³-hybridized carbons (Fsp3) is 0.500. The quantitative estimate of drug-likeness (QED) is 0.786. The molecule has 0 saturated carbocycles. The first-order valence-electron chi connectivity index (χ1n) is 6.20. The highest BCUT2D eigenvalue weighted by Crippen LogP contribution is 2.03. The smallest absolute Gasteiger partial charge is 0.236 e. The molecule has 0 aromatic heterocycles. The molecular weight excluding hydrogens is 212 g/mol. The highest BCUT2D eigenvalue weighted by Gasteiger charge is 2.09. The number of carbonyl (C=O) groups is 1. The van der Waals surface area contributed by atoms with Gasteiger partial charge in [0.15, 0.2) is 0 Å². The molecule has 1 aromatic carbocycles. The van der Waals surface area contributed by atoms with Gasteiger partial charge in [-0.3, -0.25) is 4.79 Å². The zero-order chi connectivity index (χ0) is 12.7. The van der Waals surface area contributed by atoms with Crippen molar-refractivity contribution in [1.82, 2.24) is 10.6 Å². The Balaban J connectivity index is 2.30. The summed E-state index contributed by atoms with van der Waals surface area (Å²) < 4.78 is 0. The zero-order valence-corrected chi connectivity index (χ0v) is 10.9. The lowest BCUT2D eigenvalue weighted by Crippen LogP contribution is -2.42. The van der Waals surface area contributed by atoms with Gasteiger partial charge in [0.05, 0.1) is 6.04 Å². The summed E-state index contributed by atoms with van der Waals surface area (Å²) in [7, 11) is 0. The van der Waals surface area contributed by atoms with Gasteiger partial charge in [-0.2, -0.15) is 0 Å². The predicted octanol–water partition coefficient (Wildman–Crippen LogP) is 1.65. The molecule has 1 amide bonds. The minimum atomic E-state index is -0.125. The van der Waals surface area contributed by atoms with Crippen molar-refractivity contribution in [3.05, 3.63) is 35.4 Å². The fourth-order valence-corrected chi connectivity index (χ4v) is 1.72. The second-order valence-corrected chi connectivity index (χ2v) is 4.31. The number of carbonyl (C=O) groups excluding carboxylic acids is 1. The number of aryl methyl sites for hydroxylation is 1. The molecule has 0 spiro atoms. The Morgan fingerprint density at radius 2 is 2.18 bits per heavy atom. The monoisotopic (exact) mass is 234 g/mol. The number of likely N-dealkylation sites (N-methyl/N-ethyl adjacent to an activating group) is 1. The largest absolute Gasteiger partial charge is 0.355 e. The summed E-state index contributed by atoms with van der Waals surface area (Å²) in [6.45, 7) is 7.41. The predicted molar refractivity (Wildman–Crippen MR) is 71.0 cm³/mol. The molecule has 17 heavy (non-hydrogen) atoms. The van der Waals surface area contributed by atoms with Crippen molar-refractivity contribution in [2.24, 2.45) is 0 Å². The van der Waals surface area contributed by atoms with Crippen LogP contribution < -0.4 is 10.6 Å². The first-order chi connectivity index (χ1) is 8.13. The number of amides is 1. The van der Waals surface area contributed by atoms with Crippen LogP contribution in [0.25, 0.3) is 0 Å². The van der Waals surface area contributed by atoms with E-state index in [-0.39, 0.29) is 11.9 Å². The van der Waals surface area contributed by atoms with Crippen LogP contribution in [0.5, 0.6) is 0 Å². The lowest BCUT2D eigenvalue weighted by atomic mass is 10.1. The van der Waals surface area contributed by atoms with E-state index < -0.39 is 0 Å². The van der Waals surface area contributed by atoms with E-state index in [1.165, 1.54) is 11.1 Å². The number of benzene rings is 1.